The fourth-order valence-corrected chi connectivity index (χ4v) is 3.58. The minimum atomic E-state index is -0.319. The number of carbonyl (C=O) groups excluding carboxylic acids is 1. The van der Waals surface area contributed by atoms with Gasteiger partial charge in [-0.15, -0.1) is 0 Å². The van der Waals surface area contributed by atoms with Crippen molar-refractivity contribution in [3.05, 3.63) is 99.8 Å². The summed E-state index contributed by atoms with van der Waals surface area (Å²) >= 11 is 5.98. The van der Waals surface area contributed by atoms with Gasteiger partial charge in [-0.3, -0.25) is 4.79 Å². The quantitative estimate of drug-likeness (QED) is 0.322. The summed E-state index contributed by atoms with van der Waals surface area (Å²) < 4.78 is 11.6. The van der Waals surface area contributed by atoms with Crippen molar-refractivity contribution in [2.45, 2.75) is 0 Å². The average molecular weight is 503 g/mol. The van der Waals surface area contributed by atoms with E-state index in [0.717, 1.165) is 11.1 Å². The maximum absolute atomic E-state index is 13.2. The molecular weight excluding hydrogens is 480 g/mol. The Hall–Kier alpha value is -4.49. The number of hydrogen-bond acceptors (Lipinski definition) is 6. The van der Waals surface area contributed by atoms with Gasteiger partial charge in [0, 0.05) is 10.6 Å². The van der Waals surface area contributed by atoms with Crippen molar-refractivity contribution in [1.29, 1.82) is 0 Å². The smallest absolute Gasteiger partial charge is 0.278 e. The Morgan fingerprint density at radius 2 is 1.36 bits per heavy atom. The number of phenols is 2. The summed E-state index contributed by atoms with van der Waals surface area (Å²) in [6, 6.07) is 18.3. The molecule has 4 rings (SSSR count). The third-order valence-electron chi connectivity index (χ3n) is 5.34. The number of carbonyl (C=O) groups is 1. The van der Waals surface area contributed by atoms with E-state index in [1.807, 2.05) is 0 Å². The second-order valence-electron chi connectivity index (χ2n) is 7.75. The number of aromatic nitrogens is 2. The number of methoxy groups -OCH3 is 2. The predicted octanol–water partition coefficient (Wildman–Crippen LogP) is 5.99. The van der Waals surface area contributed by atoms with E-state index >= 15 is 0 Å². The fourth-order valence-electron chi connectivity index (χ4n) is 3.45. The molecule has 1 heterocycles. The molecule has 0 saturated heterocycles. The van der Waals surface area contributed by atoms with Crippen LogP contribution in [0.1, 0.15) is 32.9 Å². The number of benzene rings is 3. The molecule has 0 aliphatic rings. The number of hydrogen-bond donors (Lipinski definition) is 2. The van der Waals surface area contributed by atoms with E-state index in [4.69, 9.17) is 21.1 Å². The first-order valence-electron chi connectivity index (χ1n) is 10.9. The Kier molecular flexibility index (Phi) is 7.42. The van der Waals surface area contributed by atoms with Crippen LogP contribution in [0.5, 0.6) is 23.0 Å². The van der Waals surface area contributed by atoms with Gasteiger partial charge in [0.2, 0.25) is 0 Å². The zero-order valence-electron chi connectivity index (χ0n) is 19.6. The first-order chi connectivity index (χ1) is 17.4. The molecule has 182 valence electrons. The minimum Gasteiger partial charge on any atom is -0.504 e. The SMILES string of the molecule is COc1cc(/C=C/c2cc(/C=C/c3ccc(O)c(OC)c3)n(C(=O)c3ccc(Cl)cc3)n2)ccc1O. The number of ether oxygens (including phenoxy) is 2. The highest BCUT2D eigenvalue weighted by molar-refractivity contribution is 6.30. The molecule has 1 aromatic heterocycles. The molecule has 4 aromatic rings. The summed E-state index contributed by atoms with van der Waals surface area (Å²) in [4.78, 5) is 13.2. The molecule has 8 heteroatoms. The van der Waals surface area contributed by atoms with Gasteiger partial charge in [-0.05, 0) is 77.9 Å². The highest BCUT2D eigenvalue weighted by Gasteiger charge is 2.14. The zero-order chi connectivity index (χ0) is 25.7. The molecule has 0 saturated carbocycles. The van der Waals surface area contributed by atoms with Gasteiger partial charge in [-0.1, -0.05) is 35.9 Å². The Morgan fingerprint density at radius 3 is 1.92 bits per heavy atom. The highest BCUT2D eigenvalue weighted by atomic mass is 35.5. The number of rotatable bonds is 7. The summed E-state index contributed by atoms with van der Waals surface area (Å²) in [6.07, 6.45) is 7.12. The molecule has 0 unspecified atom stereocenters. The summed E-state index contributed by atoms with van der Waals surface area (Å²) in [5.74, 6) is 0.464. The van der Waals surface area contributed by atoms with E-state index < -0.39 is 0 Å². The van der Waals surface area contributed by atoms with Crippen LogP contribution in [0.15, 0.2) is 66.7 Å². The van der Waals surface area contributed by atoms with Crippen molar-refractivity contribution < 1.29 is 24.5 Å². The van der Waals surface area contributed by atoms with Crippen LogP contribution in [0.25, 0.3) is 24.3 Å². The van der Waals surface area contributed by atoms with Crippen molar-refractivity contribution in [2.24, 2.45) is 0 Å². The van der Waals surface area contributed by atoms with E-state index in [2.05, 4.69) is 5.10 Å². The third-order valence-corrected chi connectivity index (χ3v) is 5.59. The normalized spacial score (nSPS) is 11.3. The summed E-state index contributed by atoms with van der Waals surface area (Å²) in [5, 5.41) is 24.7. The third kappa shape index (κ3) is 5.59. The second-order valence-corrected chi connectivity index (χ2v) is 8.18. The summed E-state index contributed by atoms with van der Waals surface area (Å²) in [5.41, 5.74) is 3.08. The molecule has 36 heavy (non-hydrogen) atoms. The monoisotopic (exact) mass is 502 g/mol. The largest absolute Gasteiger partial charge is 0.504 e. The molecule has 0 amide bonds. The molecule has 2 N–H and O–H groups in total. The number of halogens is 1. The summed E-state index contributed by atoms with van der Waals surface area (Å²) in [6.45, 7) is 0. The van der Waals surface area contributed by atoms with Crippen LogP contribution in [0.2, 0.25) is 5.02 Å². The molecule has 3 aromatic carbocycles. The van der Waals surface area contributed by atoms with Crippen LogP contribution in [0.4, 0.5) is 0 Å². The molecule has 0 atom stereocenters. The fraction of sp³-hybridized carbons (Fsp3) is 0.0714. The lowest BCUT2D eigenvalue weighted by molar-refractivity contribution is 0.0944. The Morgan fingerprint density at radius 1 is 0.806 bits per heavy atom. The van der Waals surface area contributed by atoms with Gasteiger partial charge in [-0.25, -0.2) is 0 Å². The van der Waals surface area contributed by atoms with Crippen LogP contribution in [0.3, 0.4) is 0 Å². The van der Waals surface area contributed by atoms with E-state index in [1.165, 1.54) is 25.0 Å². The maximum atomic E-state index is 13.2. The van der Waals surface area contributed by atoms with Crippen LogP contribution in [0, 0.1) is 0 Å². The van der Waals surface area contributed by atoms with Crippen molar-refractivity contribution in [3.8, 4) is 23.0 Å². The van der Waals surface area contributed by atoms with Gasteiger partial charge in [0.25, 0.3) is 5.91 Å². The number of nitrogens with zero attached hydrogens (tertiary/aromatic N) is 2. The first-order valence-corrected chi connectivity index (χ1v) is 11.3. The van der Waals surface area contributed by atoms with Gasteiger partial charge in [0.1, 0.15) is 0 Å². The van der Waals surface area contributed by atoms with Gasteiger partial charge >= 0.3 is 0 Å². The summed E-state index contributed by atoms with van der Waals surface area (Å²) in [7, 11) is 2.96. The van der Waals surface area contributed by atoms with Gasteiger partial charge < -0.3 is 19.7 Å². The number of phenolic OH excluding ortho intramolecular Hbond substituents is 2. The van der Waals surface area contributed by atoms with Crippen LogP contribution in [-0.4, -0.2) is 40.1 Å². The second kappa shape index (κ2) is 10.8. The minimum absolute atomic E-state index is 0.0379. The molecule has 7 nitrogen and oxygen atoms in total. The van der Waals surface area contributed by atoms with Crippen molar-refractivity contribution in [2.75, 3.05) is 14.2 Å². The molecular formula is C28H23ClN2O5. The Balaban J connectivity index is 1.70. The molecule has 0 fully saturated rings. The lowest BCUT2D eigenvalue weighted by atomic mass is 10.1. The van der Waals surface area contributed by atoms with Gasteiger partial charge in [-0.2, -0.15) is 9.78 Å². The van der Waals surface area contributed by atoms with E-state index in [1.54, 1.807) is 85.0 Å². The lowest BCUT2D eigenvalue weighted by Gasteiger charge is -2.05. The zero-order valence-corrected chi connectivity index (χ0v) is 20.3. The van der Waals surface area contributed by atoms with E-state index in [0.29, 0.717) is 33.5 Å². The Bertz CT molecular complexity index is 1460. The topological polar surface area (TPSA) is 93.8 Å². The number of aromatic hydroxyl groups is 2. The van der Waals surface area contributed by atoms with Crippen LogP contribution >= 0.6 is 11.6 Å². The predicted molar refractivity (Wildman–Crippen MR) is 141 cm³/mol. The van der Waals surface area contributed by atoms with Crippen LogP contribution in [-0.2, 0) is 0 Å². The van der Waals surface area contributed by atoms with E-state index in [-0.39, 0.29) is 17.4 Å². The van der Waals surface area contributed by atoms with Crippen molar-refractivity contribution in [1.82, 2.24) is 9.78 Å². The lowest BCUT2D eigenvalue weighted by Crippen LogP contribution is -2.15. The molecule has 0 aliphatic carbocycles. The maximum Gasteiger partial charge on any atom is 0.278 e. The van der Waals surface area contributed by atoms with Gasteiger partial charge in [0.05, 0.1) is 25.6 Å². The standard InChI is InChI=1S/C28H23ClN2O5/c1-35-26-15-18(5-13-24(26)32)3-11-22-17-23(12-4-19-6-14-25(33)27(16-19)36-2)31(30-22)28(34)20-7-9-21(29)10-8-20/h3-17,32-33H,1-2H3/b11-3+,12-4+. The first kappa shape index (κ1) is 24.6. The van der Waals surface area contributed by atoms with Crippen LogP contribution < -0.4 is 9.47 Å². The molecule has 0 radical (unpaired) electrons. The van der Waals surface area contributed by atoms with Crippen molar-refractivity contribution >= 4 is 41.8 Å². The molecule has 0 aliphatic heterocycles. The molecule has 0 bridgehead atoms. The average Bonchev–Trinajstić information content (AvgIpc) is 3.30. The van der Waals surface area contributed by atoms with E-state index in [9.17, 15) is 15.0 Å². The van der Waals surface area contributed by atoms with Crippen molar-refractivity contribution in [3.63, 3.8) is 0 Å². The Labute approximate surface area is 213 Å². The highest BCUT2D eigenvalue weighted by Crippen LogP contribution is 2.28. The molecule has 0 spiro atoms. The van der Waals surface area contributed by atoms with Gasteiger partial charge in [0.15, 0.2) is 23.0 Å².